The molecule has 4 nitrogen and oxygen atoms in total. The molecule has 1 atom stereocenters. The number of thioether (sulfide) groups is 1. The van der Waals surface area contributed by atoms with Gasteiger partial charge in [0.05, 0.1) is 12.6 Å². The Hall–Kier alpha value is -1.75. The van der Waals surface area contributed by atoms with Gasteiger partial charge in [0.1, 0.15) is 6.54 Å². The van der Waals surface area contributed by atoms with Gasteiger partial charge in [-0.15, -0.1) is 11.8 Å². The van der Waals surface area contributed by atoms with Crippen LogP contribution >= 0.6 is 11.8 Å². The van der Waals surface area contributed by atoms with Gasteiger partial charge < -0.3 is 9.64 Å². The van der Waals surface area contributed by atoms with Crippen molar-refractivity contribution in [1.29, 1.82) is 0 Å². The number of hydrogen-bond acceptors (Lipinski definition) is 4. The summed E-state index contributed by atoms with van der Waals surface area (Å²) in [6.07, 6.45) is 0.590. The molecule has 1 aromatic rings. The van der Waals surface area contributed by atoms with E-state index in [0.717, 1.165) is 5.75 Å². The summed E-state index contributed by atoms with van der Waals surface area (Å²) >= 11 is 1.79. The number of rotatable bonds is 7. The molecule has 5 heteroatoms. The molecule has 0 bridgehead atoms. The highest BCUT2D eigenvalue weighted by Gasteiger charge is 2.44. The summed E-state index contributed by atoms with van der Waals surface area (Å²) in [6.45, 7) is 10.2. The molecule has 24 heavy (non-hydrogen) atoms. The summed E-state index contributed by atoms with van der Waals surface area (Å²) in [6, 6.07) is 10.2. The number of ether oxygens (including phenoxy) is 1. The Kier molecular flexibility index (Phi) is 6.10. The Balaban J connectivity index is 2.08. The van der Waals surface area contributed by atoms with Crippen LogP contribution < -0.4 is 0 Å². The first-order valence-corrected chi connectivity index (χ1v) is 9.16. The van der Waals surface area contributed by atoms with E-state index in [2.05, 4.69) is 32.6 Å². The van der Waals surface area contributed by atoms with E-state index in [1.54, 1.807) is 23.6 Å². The molecule has 0 radical (unpaired) electrons. The van der Waals surface area contributed by atoms with Gasteiger partial charge in [-0.25, -0.2) is 0 Å². The lowest BCUT2D eigenvalue weighted by Gasteiger charge is -2.36. The first kappa shape index (κ1) is 18.6. The topological polar surface area (TPSA) is 46.6 Å². The van der Waals surface area contributed by atoms with Crippen LogP contribution in [0.15, 0.2) is 42.5 Å². The molecule has 2 rings (SSSR count). The van der Waals surface area contributed by atoms with Crippen molar-refractivity contribution in [2.45, 2.75) is 43.7 Å². The second kappa shape index (κ2) is 7.88. The molecule has 1 aromatic carbocycles. The molecule has 1 fully saturated rings. The normalized spacial score (nSPS) is 18.1. The summed E-state index contributed by atoms with van der Waals surface area (Å²) in [5, 5.41) is 0. The molecular weight excluding hydrogens is 322 g/mol. The molecule has 0 aromatic heterocycles. The first-order chi connectivity index (χ1) is 11.3. The van der Waals surface area contributed by atoms with E-state index in [4.69, 9.17) is 4.74 Å². The number of amides is 1. The maximum absolute atomic E-state index is 12.4. The van der Waals surface area contributed by atoms with Crippen LogP contribution in [0.3, 0.4) is 0 Å². The molecule has 130 valence electrons. The number of esters is 1. The highest BCUT2D eigenvalue weighted by molar-refractivity contribution is 7.99. The standard InChI is InChI=1S/C19H25NO3S/c1-5-23-17(21)12-20-16(11-14(2)18(20)22)19(3,4)24-13-15-9-7-6-8-10-15/h6-10,16H,2,5,11-13H2,1,3-4H3. The fourth-order valence-corrected chi connectivity index (χ4v) is 4.00. The van der Waals surface area contributed by atoms with Crippen LogP contribution in [0.5, 0.6) is 0 Å². The van der Waals surface area contributed by atoms with Crippen LogP contribution in [0.25, 0.3) is 0 Å². The van der Waals surface area contributed by atoms with Crippen LogP contribution in [0, 0.1) is 0 Å². The Morgan fingerprint density at radius 2 is 2.04 bits per heavy atom. The zero-order valence-electron chi connectivity index (χ0n) is 14.6. The van der Waals surface area contributed by atoms with Crippen molar-refractivity contribution in [3.8, 4) is 0 Å². The van der Waals surface area contributed by atoms with Gasteiger partial charge in [-0.1, -0.05) is 36.9 Å². The number of likely N-dealkylation sites (tertiary alicyclic amines) is 1. The molecule has 1 aliphatic heterocycles. The smallest absolute Gasteiger partial charge is 0.325 e. The Bertz CT molecular complexity index is 612. The van der Waals surface area contributed by atoms with E-state index in [1.807, 2.05) is 18.2 Å². The van der Waals surface area contributed by atoms with Gasteiger partial charge in [0.25, 0.3) is 0 Å². The molecule has 1 amide bonds. The molecule has 0 N–H and O–H groups in total. The Morgan fingerprint density at radius 1 is 1.38 bits per heavy atom. The summed E-state index contributed by atoms with van der Waals surface area (Å²) in [7, 11) is 0. The molecule has 1 saturated heterocycles. The fraction of sp³-hybridized carbons (Fsp3) is 0.474. The Morgan fingerprint density at radius 3 is 2.67 bits per heavy atom. The summed E-state index contributed by atoms with van der Waals surface area (Å²) in [5.74, 6) is 0.356. The van der Waals surface area contributed by atoms with Crippen LogP contribution in [0.4, 0.5) is 0 Å². The third kappa shape index (κ3) is 4.41. The monoisotopic (exact) mass is 347 g/mol. The highest BCUT2D eigenvalue weighted by Crippen LogP contribution is 2.40. The lowest BCUT2D eigenvalue weighted by atomic mass is 9.99. The predicted octanol–water partition coefficient (Wildman–Crippen LogP) is 3.42. The van der Waals surface area contributed by atoms with E-state index in [1.165, 1.54) is 5.56 Å². The molecule has 1 unspecified atom stereocenters. The molecule has 0 aliphatic carbocycles. The molecule has 0 spiro atoms. The number of carbonyl (C=O) groups excluding carboxylic acids is 2. The third-order valence-corrected chi connectivity index (χ3v) is 5.73. The molecule has 1 aliphatic rings. The minimum Gasteiger partial charge on any atom is -0.465 e. The van der Waals surface area contributed by atoms with Crippen molar-refractivity contribution in [2.75, 3.05) is 13.2 Å². The van der Waals surface area contributed by atoms with Crippen LogP contribution in [0.1, 0.15) is 32.8 Å². The SMILES string of the molecule is C=C1CC(C(C)(C)SCc2ccccc2)N(CC(=O)OCC)C1=O. The lowest BCUT2D eigenvalue weighted by Crippen LogP contribution is -2.47. The average molecular weight is 347 g/mol. The minimum atomic E-state index is -0.366. The van der Waals surface area contributed by atoms with E-state index < -0.39 is 0 Å². The second-order valence-electron chi connectivity index (χ2n) is 6.44. The highest BCUT2D eigenvalue weighted by atomic mass is 32.2. The zero-order chi connectivity index (χ0) is 17.7. The summed E-state index contributed by atoms with van der Waals surface area (Å²) in [5.41, 5.74) is 1.81. The number of nitrogens with zero attached hydrogens (tertiary/aromatic N) is 1. The van der Waals surface area contributed by atoms with Crippen molar-refractivity contribution < 1.29 is 14.3 Å². The van der Waals surface area contributed by atoms with Gasteiger partial charge in [0, 0.05) is 16.1 Å². The molecule has 1 heterocycles. The Labute approximate surface area is 148 Å². The van der Waals surface area contributed by atoms with E-state index in [9.17, 15) is 9.59 Å². The lowest BCUT2D eigenvalue weighted by molar-refractivity contribution is -0.148. The zero-order valence-corrected chi connectivity index (χ0v) is 15.4. The van der Waals surface area contributed by atoms with Gasteiger partial charge in [0.2, 0.25) is 5.91 Å². The van der Waals surface area contributed by atoms with Crippen LogP contribution in [0.2, 0.25) is 0 Å². The maximum Gasteiger partial charge on any atom is 0.325 e. The summed E-state index contributed by atoms with van der Waals surface area (Å²) in [4.78, 5) is 25.9. The van der Waals surface area contributed by atoms with Crippen molar-refractivity contribution in [1.82, 2.24) is 4.90 Å². The summed E-state index contributed by atoms with van der Waals surface area (Å²) < 4.78 is 4.81. The van der Waals surface area contributed by atoms with Gasteiger partial charge in [-0.3, -0.25) is 9.59 Å². The van der Waals surface area contributed by atoms with Gasteiger partial charge in [-0.05, 0) is 32.8 Å². The van der Waals surface area contributed by atoms with Gasteiger partial charge in [0.15, 0.2) is 0 Å². The van der Waals surface area contributed by atoms with E-state index >= 15 is 0 Å². The number of hydrogen-bond donors (Lipinski definition) is 0. The third-order valence-electron chi connectivity index (χ3n) is 4.24. The van der Waals surface area contributed by atoms with Gasteiger partial charge >= 0.3 is 5.97 Å². The van der Waals surface area contributed by atoms with Crippen molar-refractivity contribution in [3.63, 3.8) is 0 Å². The van der Waals surface area contributed by atoms with Crippen LogP contribution in [-0.2, 0) is 20.1 Å². The van der Waals surface area contributed by atoms with E-state index in [-0.39, 0.29) is 29.2 Å². The number of benzene rings is 1. The quantitative estimate of drug-likeness (QED) is 0.560. The van der Waals surface area contributed by atoms with Crippen LogP contribution in [-0.4, -0.2) is 40.7 Å². The largest absolute Gasteiger partial charge is 0.465 e. The molecule has 0 saturated carbocycles. The van der Waals surface area contributed by atoms with Crippen molar-refractivity contribution in [3.05, 3.63) is 48.0 Å². The fourth-order valence-electron chi connectivity index (χ4n) is 2.86. The maximum atomic E-state index is 12.4. The van der Waals surface area contributed by atoms with Gasteiger partial charge in [-0.2, -0.15) is 0 Å². The van der Waals surface area contributed by atoms with E-state index in [0.29, 0.717) is 18.6 Å². The molecular formula is C19H25NO3S. The minimum absolute atomic E-state index is 0.00825. The average Bonchev–Trinajstić information content (AvgIpc) is 2.83. The number of carbonyl (C=O) groups is 2. The first-order valence-electron chi connectivity index (χ1n) is 8.17. The van der Waals surface area contributed by atoms with Crippen molar-refractivity contribution >= 4 is 23.6 Å². The van der Waals surface area contributed by atoms with Crippen molar-refractivity contribution in [2.24, 2.45) is 0 Å². The predicted molar refractivity (Wildman–Crippen MR) is 97.7 cm³/mol. The second-order valence-corrected chi connectivity index (χ2v) is 8.07.